The number of aromatic nitrogens is 1. The molecule has 0 amide bonds. The van der Waals surface area contributed by atoms with Gasteiger partial charge in [-0.3, -0.25) is 0 Å². The fourth-order valence-electron chi connectivity index (χ4n) is 10.4. The summed E-state index contributed by atoms with van der Waals surface area (Å²) in [7, 11) is 0. The summed E-state index contributed by atoms with van der Waals surface area (Å²) < 4.78 is 2.46. The maximum Gasteiger partial charge on any atom is 0.0541 e. The first-order chi connectivity index (χ1) is 29.7. The molecule has 0 unspecified atom stereocenters. The molecule has 0 atom stereocenters. The van der Waals surface area contributed by atoms with Gasteiger partial charge in [-0.25, -0.2) is 0 Å². The van der Waals surface area contributed by atoms with Crippen LogP contribution in [-0.2, 0) is 10.8 Å². The molecule has 0 fully saturated rings. The molecule has 8 aromatic carbocycles. The van der Waals surface area contributed by atoms with Gasteiger partial charge in [0.15, 0.2) is 0 Å². The van der Waals surface area contributed by atoms with Crippen molar-refractivity contribution >= 4 is 60.9 Å². The van der Waals surface area contributed by atoms with Crippen LogP contribution in [-0.4, -0.2) is 4.57 Å². The fourth-order valence-corrected chi connectivity index (χ4v) is 10.4. The van der Waals surface area contributed by atoms with Gasteiger partial charge in [0, 0.05) is 44.2 Å². The van der Waals surface area contributed by atoms with Crippen molar-refractivity contribution in [2.24, 2.45) is 0 Å². The van der Waals surface area contributed by atoms with Gasteiger partial charge in [-0.2, -0.15) is 0 Å². The molecule has 1 heterocycles. The third kappa shape index (κ3) is 5.77. The van der Waals surface area contributed by atoms with Crippen molar-refractivity contribution in [3.63, 3.8) is 0 Å². The van der Waals surface area contributed by atoms with Gasteiger partial charge in [0.05, 0.1) is 16.7 Å². The Balaban J connectivity index is 1.07. The maximum absolute atomic E-state index is 2.48. The predicted molar refractivity (Wildman–Crippen MR) is 261 cm³/mol. The van der Waals surface area contributed by atoms with Gasteiger partial charge in [0.1, 0.15) is 0 Å². The van der Waals surface area contributed by atoms with Crippen LogP contribution in [0.3, 0.4) is 0 Å². The van der Waals surface area contributed by atoms with E-state index in [1.807, 2.05) is 0 Å². The van der Waals surface area contributed by atoms with E-state index in [-0.39, 0.29) is 10.8 Å². The van der Waals surface area contributed by atoms with E-state index in [1.165, 1.54) is 88.4 Å². The van der Waals surface area contributed by atoms with Crippen molar-refractivity contribution in [1.29, 1.82) is 0 Å². The minimum absolute atomic E-state index is 0.118. The second kappa shape index (κ2) is 14.0. The minimum Gasteiger partial charge on any atom is -0.310 e. The lowest BCUT2D eigenvalue weighted by Gasteiger charge is -2.29. The summed E-state index contributed by atoms with van der Waals surface area (Å²) in [5.74, 6) is 0. The van der Waals surface area contributed by atoms with Crippen LogP contribution in [0, 0.1) is 0 Å². The van der Waals surface area contributed by atoms with Crippen LogP contribution in [0.25, 0.3) is 66.1 Å². The molecule has 1 aromatic heterocycles. The second-order valence-corrected chi connectivity index (χ2v) is 17.8. The molecule has 0 bridgehead atoms. The monoisotopic (exact) mass is 784 g/mol. The summed E-state index contributed by atoms with van der Waals surface area (Å²) in [6, 6.07) is 65.2. The van der Waals surface area contributed by atoms with E-state index in [0.29, 0.717) is 0 Å². The molecule has 0 aliphatic heterocycles. The highest BCUT2D eigenvalue weighted by molar-refractivity contribution is 6.15. The van der Waals surface area contributed by atoms with E-state index < -0.39 is 0 Å². The lowest BCUT2D eigenvalue weighted by atomic mass is 9.82. The first-order valence-corrected chi connectivity index (χ1v) is 21.6. The molecule has 9 aromatic rings. The summed E-state index contributed by atoms with van der Waals surface area (Å²) in [4.78, 5) is 2.46. The number of para-hydroxylation sites is 2. The number of allylic oxidation sites excluding steroid dienone is 6. The Hall–Kier alpha value is -7.16. The minimum atomic E-state index is -0.222. The zero-order valence-electron chi connectivity index (χ0n) is 35.4. The van der Waals surface area contributed by atoms with Gasteiger partial charge in [0.2, 0.25) is 0 Å². The SMILES string of the molecule is C/C=C\C=C(/C1=CC(C)(C)c2cc(N(c3ccc(-c4cccc5ccccc45)cc3)c3ccc4c(c3)C(C)(C)c3ccccc3-4)ccc21)n1c2ccccc2c2ccccc21. The lowest BCUT2D eigenvalue weighted by molar-refractivity contribution is 0.660. The molecule has 0 radical (unpaired) electrons. The highest BCUT2D eigenvalue weighted by atomic mass is 15.1. The van der Waals surface area contributed by atoms with E-state index >= 15 is 0 Å². The Labute approximate surface area is 359 Å². The van der Waals surface area contributed by atoms with E-state index in [0.717, 1.165) is 17.1 Å². The molecular formula is C59H48N2. The van der Waals surface area contributed by atoms with Gasteiger partial charge in [-0.15, -0.1) is 0 Å². The third-order valence-electron chi connectivity index (χ3n) is 13.3. The Morgan fingerprint density at radius 1 is 0.492 bits per heavy atom. The van der Waals surface area contributed by atoms with Gasteiger partial charge in [0.25, 0.3) is 0 Å². The summed E-state index contributed by atoms with van der Waals surface area (Å²) in [5, 5.41) is 5.05. The zero-order chi connectivity index (χ0) is 41.5. The molecular weight excluding hydrogens is 737 g/mol. The van der Waals surface area contributed by atoms with Crippen molar-refractivity contribution in [3.8, 4) is 22.3 Å². The number of nitrogens with zero attached hydrogens (tertiary/aromatic N) is 2. The smallest absolute Gasteiger partial charge is 0.0541 e. The van der Waals surface area contributed by atoms with Crippen molar-refractivity contribution in [1.82, 2.24) is 4.57 Å². The van der Waals surface area contributed by atoms with Gasteiger partial charge in [-0.05, 0) is 117 Å². The number of anilines is 3. The molecule has 2 aliphatic rings. The van der Waals surface area contributed by atoms with E-state index in [1.54, 1.807) is 0 Å². The van der Waals surface area contributed by atoms with Crippen LogP contribution < -0.4 is 4.90 Å². The van der Waals surface area contributed by atoms with Crippen molar-refractivity contribution in [3.05, 3.63) is 222 Å². The van der Waals surface area contributed by atoms with Crippen LogP contribution in [0.4, 0.5) is 17.1 Å². The van der Waals surface area contributed by atoms with Gasteiger partial charge in [-0.1, -0.05) is 173 Å². The molecule has 0 N–H and O–H groups in total. The van der Waals surface area contributed by atoms with Crippen LogP contribution in [0.15, 0.2) is 200 Å². The fraction of sp³-hybridized carbons (Fsp3) is 0.119. The van der Waals surface area contributed by atoms with E-state index in [4.69, 9.17) is 0 Å². The summed E-state index contributed by atoms with van der Waals surface area (Å²) in [6.45, 7) is 11.5. The molecule has 0 spiro atoms. The number of hydrogen-bond acceptors (Lipinski definition) is 1. The van der Waals surface area contributed by atoms with Gasteiger partial charge < -0.3 is 9.47 Å². The molecule has 2 heteroatoms. The Morgan fingerprint density at radius 2 is 1.05 bits per heavy atom. The molecule has 11 rings (SSSR count). The van der Waals surface area contributed by atoms with E-state index in [9.17, 15) is 0 Å². The van der Waals surface area contributed by atoms with Crippen molar-refractivity contribution in [2.75, 3.05) is 4.90 Å². The molecule has 2 nitrogen and oxygen atoms in total. The second-order valence-electron chi connectivity index (χ2n) is 17.8. The molecule has 0 saturated carbocycles. The largest absolute Gasteiger partial charge is 0.310 e. The quantitative estimate of drug-likeness (QED) is 0.146. The van der Waals surface area contributed by atoms with Crippen LogP contribution >= 0.6 is 0 Å². The Kier molecular flexibility index (Phi) is 8.44. The molecule has 2 aliphatic carbocycles. The number of hydrogen-bond donors (Lipinski definition) is 0. The molecule has 0 saturated heterocycles. The predicted octanol–water partition coefficient (Wildman–Crippen LogP) is 16.2. The average molecular weight is 785 g/mol. The summed E-state index contributed by atoms with van der Waals surface area (Å²) >= 11 is 0. The number of fused-ring (bicyclic) bond motifs is 8. The van der Waals surface area contributed by atoms with Gasteiger partial charge >= 0.3 is 0 Å². The third-order valence-corrected chi connectivity index (χ3v) is 13.3. The Morgan fingerprint density at radius 3 is 1.77 bits per heavy atom. The standard InChI is InChI=1S/C59H48N2/c1-6-7-25-57(61-55-26-14-11-21-49(55)50-22-12-15-27-56(50)61)51-38-58(2,3)53-36-42(33-35-48(51)53)60(43-32-34-47-46-20-10-13-24-52(46)59(4,5)54(47)37-43)41-30-28-40(29-31-41)45-23-16-18-39-17-8-9-19-44(39)45/h6-38H,1-5H3/b7-6-,57-25+. The lowest BCUT2D eigenvalue weighted by Crippen LogP contribution is -2.17. The normalized spacial score (nSPS) is 15.0. The average Bonchev–Trinajstić information content (AvgIpc) is 3.85. The maximum atomic E-state index is 2.48. The summed E-state index contributed by atoms with van der Waals surface area (Å²) in [5.41, 5.74) is 18.4. The highest BCUT2D eigenvalue weighted by Crippen LogP contribution is 2.52. The number of rotatable bonds is 7. The zero-order valence-corrected chi connectivity index (χ0v) is 35.4. The van der Waals surface area contributed by atoms with Crippen molar-refractivity contribution in [2.45, 2.75) is 45.4 Å². The topological polar surface area (TPSA) is 8.17 Å². The first kappa shape index (κ1) is 36.9. The highest BCUT2D eigenvalue weighted by Gasteiger charge is 2.37. The van der Waals surface area contributed by atoms with Crippen molar-refractivity contribution < 1.29 is 0 Å². The summed E-state index contributed by atoms with van der Waals surface area (Å²) in [6.07, 6.45) is 9.07. The van der Waals surface area contributed by atoms with E-state index in [2.05, 4.69) is 244 Å². The molecule has 294 valence electrons. The first-order valence-electron chi connectivity index (χ1n) is 21.6. The Bertz CT molecular complexity index is 3250. The number of benzene rings is 8. The van der Waals surface area contributed by atoms with Crippen LogP contribution in [0.1, 0.15) is 56.9 Å². The van der Waals surface area contributed by atoms with Crippen LogP contribution in [0.5, 0.6) is 0 Å². The molecule has 61 heavy (non-hydrogen) atoms. The van der Waals surface area contributed by atoms with Crippen LogP contribution in [0.2, 0.25) is 0 Å².